The lowest BCUT2D eigenvalue weighted by Gasteiger charge is -2.36. The molecule has 0 heterocycles. The zero-order chi connectivity index (χ0) is 11.2. The number of hydrogen-bond acceptors (Lipinski definition) is 2. The molecular weight excluding hydrogens is 192 g/mol. The summed E-state index contributed by atoms with van der Waals surface area (Å²) in [5.74, 6) is 0. The van der Waals surface area contributed by atoms with Gasteiger partial charge in [-0.1, -0.05) is 26.8 Å². The summed E-state index contributed by atoms with van der Waals surface area (Å²) in [7, 11) is -1.59. The lowest BCUT2D eigenvalue weighted by molar-refractivity contribution is -0.104. The standard InChI is InChI=1S/C11H22O2Si/c1-11(2,3)14(4,5)13-10-8-6-7-9-12/h6-7,9H,8,10H2,1-5H3. The van der Waals surface area contributed by atoms with Gasteiger partial charge in [-0.3, -0.25) is 4.79 Å². The van der Waals surface area contributed by atoms with E-state index in [0.29, 0.717) is 0 Å². The summed E-state index contributed by atoms with van der Waals surface area (Å²) in [5, 5.41) is 0.265. The van der Waals surface area contributed by atoms with E-state index in [1.54, 1.807) is 0 Å². The van der Waals surface area contributed by atoms with Crippen LogP contribution in [0.4, 0.5) is 0 Å². The van der Waals surface area contributed by atoms with E-state index in [0.717, 1.165) is 19.3 Å². The molecule has 82 valence electrons. The minimum Gasteiger partial charge on any atom is -0.417 e. The van der Waals surface area contributed by atoms with Gasteiger partial charge in [0.15, 0.2) is 8.32 Å². The van der Waals surface area contributed by atoms with Crippen molar-refractivity contribution in [1.82, 2.24) is 0 Å². The lowest BCUT2D eigenvalue weighted by Crippen LogP contribution is -2.40. The van der Waals surface area contributed by atoms with Crippen LogP contribution in [0, 0.1) is 0 Å². The molecule has 0 rings (SSSR count). The van der Waals surface area contributed by atoms with E-state index in [1.807, 2.05) is 6.08 Å². The molecule has 0 aliphatic carbocycles. The number of allylic oxidation sites excluding steroid dienone is 1. The molecule has 0 atom stereocenters. The van der Waals surface area contributed by atoms with Crippen LogP contribution in [0.25, 0.3) is 0 Å². The van der Waals surface area contributed by atoms with Crippen LogP contribution in [0.1, 0.15) is 27.2 Å². The molecule has 0 fully saturated rings. The Kier molecular flexibility index (Phi) is 5.30. The first-order chi connectivity index (χ1) is 6.31. The predicted octanol–water partition coefficient (Wildman–Crippen LogP) is 3.15. The fourth-order valence-electron chi connectivity index (χ4n) is 0.750. The molecule has 0 aromatic rings. The Bertz CT molecular complexity index is 202. The van der Waals surface area contributed by atoms with Crippen molar-refractivity contribution in [3.63, 3.8) is 0 Å². The minimum atomic E-state index is -1.59. The second-order valence-corrected chi connectivity index (χ2v) is 9.77. The molecule has 0 spiro atoms. The van der Waals surface area contributed by atoms with E-state index in [9.17, 15) is 4.79 Å². The van der Waals surface area contributed by atoms with Crippen LogP contribution in [-0.4, -0.2) is 21.2 Å². The van der Waals surface area contributed by atoms with Gasteiger partial charge in [-0.25, -0.2) is 0 Å². The summed E-state index contributed by atoms with van der Waals surface area (Å²) in [6.07, 6.45) is 4.99. The van der Waals surface area contributed by atoms with Crippen molar-refractivity contribution in [2.75, 3.05) is 6.61 Å². The van der Waals surface area contributed by atoms with Crippen LogP contribution in [0.5, 0.6) is 0 Å². The number of carbonyl (C=O) groups is 1. The summed E-state index contributed by atoms with van der Waals surface area (Å²) in [4.78, 5) is 10.0. The van der Waals surface area contributed by atoms with Crippen molar-refractivity contribution < 1.29 is 9.22 Å². The Hall–Kier alpha value is -0.413. The Morgan fingerprint density at radius 2 is 1.86 bits per heavy atom. The van der Waals surface area contributed by atoms with Gasteiger partial charge in [-0.2, -0.15) is 0 Å². The molecular formula is C11H22O2Si. The number of carbonyl (C=O) groups excluding carboxylic acids is 1. The molecule has 0 amide bonds. The maximum absolute atomic E-state index is 10.0. The molecule has 0 bridgehead atoms. The Balaban J connectivity index is 3.89. The Morgan fingerprint density at radius 3 is 2.29 bits per heavy atom. The first-order valence-corrected chi connectivity index (χ1v) is 7.96. The van der Waals surface area contributed by atoms with Crippen molar-refractivity contribution in [2.24, 2.45) is 0 Å². The van der Waals surface area contributed by atoms with Crippen molar-refractivity contribution in [1.29, 1.82) is 0 Å². The van der Waals surface area contributed by atoms with E-state index >= 15 is 0 Å². The average molecular weight is 214 g/mol. The maximum atomic E-state index is 10.0. The molecule has 14 heavy (non-hydrogen) atoms. The fourth-order valence-corrected chi connectivity index (χ4v) is 1.81. The highest BCUT2D eigenvalue weighted by atomic mass is 28.4. The third-order valence-corrected chi connectivity index (χ3v) is 7.31. The highest BCUT2D eigenvalue weighted by molar-refractivity contribution is 6.74. The summed E-state index contributed by atoms with van der Waals surface area (Å²) < 4.78 is 5.91. The van der Waals surface area contributed by atoms with Gasteiger partial charge in [0, 0.05) is 6.61 Å². The fraction of sp³-hybridized carbons (Fsp3) is 0.727. The molecule has 0 saturated heterocycles. The van der Waals surface area contributed by atoms with E-state index < -0.39 is 8.32 Å². The largest absolute Gasteiger partial charge is 0.417 e. The topological polar surface area (TPSA) is 26.3 Å². The van der Waals surface area contributed by atoms with Crippen molar-refractivity contribution in [3.8, 4) is 0 Å². The summed E-state index contributed by atoms with van der Waals surface area (Å²) in [6.45, 7) is 11.9. The van der Waals surface area contributed by atoms with Gasteiger partial charge in [0.25, 0.3) is 0 Å². The molecule has 0 radical (unpaired) electrons. The summed E-state index contributed by atoms with van der Waals surface area (Å²) in [5.41, 5.74) is 0. The average Bonchev–Trinajstić information content (AvgIpc) is 2.02. The highest BCUT2D eigenvalue weighted by Gasteiger charge is 2.36. The van der Waals surface area contributed by atoms with Gasteiger partial charge in [0.05, 0.1) is 0 Å². The number of hydrogen-bond donors (Lipinski definition) is 0. The molecule has 0 aromatic heterocycles. The molecule has 0 N–H and O–H groups in total. The molecule has 0 aromatic carbocycles. The van der Waals surface area contributed by atoms with Crippen molar-refractivity contribution in [2.45, 2.75) is 45.3 Å². The zero-order valence-corrected chi connectivity index (χ0v) is 11.0. The molecule has 2 nitrogen and oxygen atoms in total. The monoisotopic (exact) mass is 214 g/mol. The second-order valence-electron chi connectivity index (χ2n) is 4.96. The van der Waals surface area contributed by atoms with Crippen LogP contribution in [-0.2, 0) is 9.22 Å². The maximum Gasteiger partial charge on any atom is 0.191 e. The predicted molar refractivity (Wildman–Crippen MR) is 63.0 cm³/mol. The highest BCUT2D eigenvalue weighted by Crippen LogP contribution is 2.36. The normalized spacial score (nSPS) is 13.5. The second kappa shape index (κ2) is 5.46. The SMILES string of the molecule is CC(C)(C)[Si](C)(C)OCCC=CC=O. The van der Waals surface area contributed by atoms with Gasteiger partial charge >= 0.3 is 0 Å². The van der Waals surface area contributed by atoms with Gasteiger partial charge in [-0.05, 0) is 30.6 Å². The van der Waals surface area contributed by atoms with E-state index in [2.05, 4.69) is 33.9 Å². The molecule has 0 saturated carbocycles. The summed E-state index contributed by atoms with van der Waals surface area (Å²) >= 11 is 0. The van der Waals surface area contributed by atoms with E-state index in [1.165, 1.54) is 6.08 Å². The van der Waals surface area contributed by atoms with Gasteiger partial charge < -0.3 is 4.43 Å². The third-order valence-electron chi connectivity index (χ3n) is 2.77. The van der Waals surface area contributed by atoms with Crippen molar-refractivity contribution >= 4 is 14.6 Å². The van der Waals surface area contributed by atoms with Crippen LogP contribution in [0.2, 0.25) is 18.1 Å². The van der Waals surface area contributed by atoms with Crippen LogP contribution in [0.3, 0.4) is 0 Å². The van der Waals surface area contributed by atoms with Crippen LogP contribution < -0.4 is 0 Å². The smallest absolute Gasteiger partial charge is 0.191 e. The quantitative estimate of drug-likeness (QED) is 0.304. The zero-order valence-electron chi connectivity index (χ0n) is 9.96. The summed E-state index contributed by atoms with van der Waals surface area (Å²) in [6, 6.07) is 0. The first kappa shape index (κ1) is 13.6. The number of aldehydes is 1. The minimum absolute atomic E-state index is 0.265. The van der Waals surface area contributed by atoms with Gasteiger partial charge in [0.2, 0.25) is 0 Å². The third kappa shape index (κ3) is 4.72. The van der Waals surface area contributed by atoms with Gasteiger partial charge in [0.1, 0.15) is 6.29 Å². The molecule has 0 aliphatic rings. The van der Waals surface area contributed by atoms with E-state index in [-0.39, 0.29) is 5.04 Å². The number of rotatable bonds is 5. The van der Waals surface area contributed by atoms with Gasteiger partial charge in [-0.15, -0.1) is 0 Å². The Morgan fingerprint density at radius 1 is 1.29 bits per heavy atom. The molecule has 0 unspecified atom stereocenters. The van der Waals surface area contributed by atoms with Crippen LogP contribution in [0.15, 0.2) is 12.2 Å². The molecule has 0 aliphatic heterocycles. The molecule has 3 heteroatoms. The van der Waals surface area contributed by atoms with E-state index in [4.69, 9.17) is 4.43 Å². The first-order valence-electron chi connectivity index (χ1n) is 5.05. The van der Waals surface area contributed by atoms with Crippen LogP contribution >= 0.6 is 0 Å². The lowest BCUT2D eigenvalue weighted by atomic mass is 10.2. The van der Waals surface area contributed by atoms with Crippen molar-refractivity contribution in [3.05, 3.63) is 12.2 Å². The Labute approximate surface area is 88.5 Å².